The number of rotatable bonds is 4. The summed E-state index contributed by atoms with van der Waals surface area (Å²) in [6.45, 7) is 8.03. The first-order valence-electron chi connectivity index (χ1n) is 5.56. The maximum atomic E-state index is 11.1. The Morgan fingerprint density at radius 3 is 2.47 bits per heavy atom. The second-order valence-corrected chi connectivity index (χ2v) is 5.00. The average Bonchev–Trinajstić information content (AvgIpc) is 2.27. The number of aromatic nitrogens is 2. The van der Waals surface area contributed by atoms with E-state index in [2.05, 4.69) is 30.7 Å². The molecule has 4 nitrogen and oxygen atoms in total. The minimum Gasteiger partial charge on any atom is -0.354 e. The predicted molar refractivity (Wildman–Crippen MR) is 69.9 cm³/mol. The van der Waals surface area contributed by atoms with Crippen molar-refractivity contribution in [2.45, 2.75) is 39.7 Å². The number of hydrogen-bond donors (Lipinski definition) is 0. The minimum absolute atomic E-state index is 0.0954. The Morgan fingerprint density at radius 1 is 1.41 bits per heavy atom. The van der Waals surface area contributed by atoms with Gasteiger partial charge < -0.3 is 4.90 Å². The zero-order valence-electron chi connectivity index (χ0n) is 10.9. The summed E-state index contributed by atoms with van der Waals surface area (Å²) in [5.74, 6) is 1.15. The summed E-state index contributed by atoms with van der Waals surface area (Å²) in [5, 5.41) is 0.209. The molecule has 0 atom stereocenters. The van der Waals surface area contributed by atoms with Crippen molar-refractivity contribution in [3.63, 3.8) is 0 Å². The topological polar surface area (TPSA) is 46.1 Å². The standard InChI is InChI=1S/C12H18ClN3O/c1-6-12(3,4)16(5)11-9(7-17)10(13)14-8(2)15-11/h7H,6H2,1-5H3. The quantitative estimate of drug-likeness (QED) is 0.613. The highest BCUT2D eigenvalue weighted by atomic mass is 35.5. The molecule has 1 aromatic heterocycles. The zero-order valence-corrected chi connectivity index (χ0v) is 11.7. The Kier molecular flexibility index (Phi) is 4.09. The molecule has 0 aliphatic rings. The lowest BCUT2D eigenvalue weighted by molar-refractivity contribution is 0.112. The van der Waals surface area contributed by atoms with Crippen LogP contribution in [0, 0.1) is 6.92 Å². The second kappa shape index (κ2) is 5.00. The number of halogens is 1. The van der Waals surface area contributed by atoms with Gasteiger partial charge in [-0.1, -0.05) is 18.5 Å². The molecule has 17 heavy (non-hydrogen) atoms. The Labute approximate surface area is 107 Å². The molecular weight excluding hydrogens is 238 g/mol. The molecule has 94 valence electrons. The van der Waals surface area contributed by atoms with Crippen LogP contribution in [0.3, 0.4) is 0 Å². The molecule has 0 bridgehead atoms. The summed E-state index contributed by atoms with van der Waals surface area (Å²) in [6.07, 6.45) is 1.64. The van der Waals surface area contributed by atoms with Gasteiger partial charge in [0, 0.05) is 12.6 Å². The van der Waals surface area contributed by atoms with Crippen molar-refractivity contribution in [3.8, 4) is 0 Å². The molecule has 0 spiro atoms. The van der Waals surface area contributed by atoms with Gasteiger partial charge >= 0.3 is 0 Å². The van der Waals surface area contributed by atoms with Crippen molar-refractivity contribution >= 4 is 23.7 Å². The smallest absolute Gasteiger partial charge is 0.156 e. The van der Waals surface area contributed by atoms with Gasteiger partial charge in [-0.3, -0.25) is 4.79 Å². The van der Waals surface area contributed by atoms with Crippen molar-refractivity contribution in [1.82, 2.24) is 9.97 Å². The van der Waals surface area contributed by atoms with Gasteiger partial charge in [-0.2, -0.15) is 0 Å². The average molecular weight is 256 g/mol. The molecule has 0 N–H and O–H groups in total. The highest BCUT2D eigenvalue weighted by molar-refractivity contribution is 6.32. The normalized spacial score (nSPS) is 11.4. The van der Waals surface area contributed by atoms with Crippen LogP contribution in [-0.2, 0) is 0 Å². The fourth-order valence-electron chi connectivity index (χ4n) is 1.41. The highest BCUT2D eigenvalue weighted by Gasteiger charge is 2.26. The van der Waals surface area contributed by atoms with E-state index in [-0.39, 0.29) is 10.7 Å². The van der Waals surface area contributed by atoms with Crippen molar-refractivity contribution in [2.24, 2.45) is 0 Å². The minimum atomic E-state index is -0.0954. The number of anilines is 1. The summed E-state index contributed by atoms with van der Waals surface area (Å²) >= 11 is 5.96. The first kappa shape index (κ1) is 13.9. The fraction of sp³-hybridized carbons (Fsp3) is 0.583. The molecule has 0 fully saturated rings. The van der Waals surface area contributed by atoms with E-state index in [9.17, 15) is 4.79 Å². The van der Waals surface area contributed by atoms with Gasteiger partial charge in [-0.05, 0) is 27.2 Å². The van der Waals surface area contributed by atoms with Crippen LogP contribution in [0.15, 0.2) is 0 Å². The zero-order chi connectivity index (χ0) is 13.2. The Bertz CT molecular complexity index is 432. The van der Waals surface area contributed by atoms with Crippen LogP contribution in [0.4, 0.5) is 5.82 Å². The Hall–Kier alpha value is -1.16. The van der Waals surface area contributed by atoms with Crippen LogP contribution in [0.1, 0.15) is 43.4 Å². The lowest BCUT2D eigenvalue weighted by atomic mass is 9.99. The SMILES string of the molecule is CCC(C)(C)N(C)c1nc(C)nc(Cl)c1C=O. The fourth-order valence-corrected chi connectivity index (χ4v) is 1.67. The van der Waals surface area contributed by atoms with E-state index in [0.717, 1.165) is 6.42 Å². The van der Waals surface area contributed by atoms with Crippen LogP contribution in [-0.4, -0.2) is 28.8 Å². The lowest BCUT2D eigenvalue weighted by Gasteiger charge is -2.36. The Balaban J connectivity index is 3.35. The molecule has 0 aliphatic heterocycles. The van der Waals surface area contributed by atoms with Crippen LogP contribution in [0.5, 0.6) is 0 Å². The molecule has 1 heterocycles. The van der Waals surface area contributed by atoms with E-state index in [1.54, 1.807) is 6.92 Å². The third-order valence-corrected chi connectivity index (χ3v) is 3.49. The van der Waals surface area contributed by atoms with E-state index in [1.807, 2.05) is 11.9 Å². The van der Waals surface area contributed by atoms with E-state index in [4.69, 9.17) is 11.6 Å². The largest absolute Gasteiger partial charge is 0.354 e. The molecule has 5 heteroatoms. The van der Waals surface area contributed by atoms with Crippen molar-refractivity contribution < 1.29 is 4.79 Å². The molecule has 0 unspecified atom stereocenters. The van der Waals surface area contributed by atoms with E-state index in [0.29, 0.717) is 23.5 Å². The number of carbonyl (C=O) groups excluding carboxylic acids is 1. The monoisotopic (exact) mass is 255 g/mol. The summed E-state index contributed by atoms with van der Waals surface area (Å²) < 4.78 is 0. The molecule has 0 saturated heterocycles. The molecule has 0 aromatic carbocycles. The third-order valence-electron chi connectivity index (χ3n) is 3.20. The van der Waals surface area contributed by atoms with Crippen molar-refractivity contribution in [2.75, 3.05) is 11.9 Å². The van der Waals surface area contributed by atoms with Gasteiger partial charge in [0.1, 0.15) is 16.8 Å². The van der Waals surface area contributed by atoms with Gasteiger partial charge in [0.25, 0.3) is 0 Å². The molecule has 0 amide bonds. The van der Waals surface area contributed by atoms with Crippen molar-refractivity contribution in [3.05, 3.63) is 16.5 Å². The molecule has 1 rings (SSSR count). The first-order chi connectivity index (χ1) is 7.83. The maximum Gasteiger partial charge on any atom is 0.156 e. The van der Waals surface area contributed by atoms with Crippen molar-refractivity contribution in [1.29, 1.82) is 0 Å². The Morgan fingerprint density at radius 2 is 2.00 bits per heavy atom. The van der Waals surface area contributed by atoms with Gasteiger partial charge in [0.15, 0.2) is 6.29 Å². The van der Waals surface area contributed by atoms with E-state index < -0.39 is 0 Å². The second-order valence-electron chi connectivity index (χ2n) is 4.64. The molecule has 1 aromatic rings. The van der Waals surface area contributed by atoms with Gasteiger partial charge in [-0.15, -0.1) is 0 Å². The third kappa shape index (κ3) is 2.75. The highest BCUT2D eigenvalue weighted by Crippen LogP contribution is 2.28. The first-order valence-corrected chi connectivity index (χ1v) is 5.94. The molecule has 0 radical (unpaired) electrons. The van der Waals surface area contributed by atoms with Crippen LogP contribution in [0.25, 0.3) is 0 Å². The maximum absolute atomic E-state index is 11.1. The van der Waals surface area contributed by atoms with Crippen LogP contribution >= 0.6 is 11.6 Å². The number of carbonyl (C=O) groups is 1. The molecular formula is C12H18ClN3O. The van der Waals surface area contributed by atoms with Gasteiger partial charge in [0.2, 0.25) is 0 Å². The number of hydrogen-bond acceptors (Lipinski definition) is 4. The van der Waals surface area contributed by atoms with Crippen LogP contribution < -0.4 is 4.90 Å². The number of nitrogens with zero attached hydrogens (tertiary/aromatic N) is 3. The van der Waals surface area contributed by atoms with Gasteiger partial charge in [0.05, 0.1) is 5.56 Å². The predicted octanol–water partition coefficient (Wildman–Crippen LogP) is 2.88. The summed E-state index contributed by atoms with van der Waals surface area (Å²) in [4.78, 5) is 21.4. The summed E-state index contributed by atoms with van der Waals surface area (Å²) in [7, 11) is 1.91. The summed E-state index contributed by atoms with van der Waals surface area (Å²) in [5.41, 5.74) is 0.253. The molecule has 0 saturated carbocycles. The van der Waals surface area contributed by atoms with Gasteiger partial charge in [-0.25, -0.2) is 9.97 Å². The van der Waals surface area contributed by atoms with E-state index in [1.165, 1.54) is 0 Å². The summed E-state index contributed by atoms with van der Waals surface area (Å²) in [6, 6.07) is 0. The van der Waals surface area contributed by atoms with E-state index >= 15 is 0 Å². The van der Waals surface area contributed by atoms with Crippen LogP contribution in [0.2, 0.25) is 5.15 Å². The molecule has 0 aliphatic carbocycles. The number of aryl methyl sites for hydroxylation is 1. The lowest BCUT2D eigenvalue weighted by Crippen LogP contribution is -2.41. The number of aldehydes is 1.